The van der Waals surface area contributed by atoms with E-state index in [1.807, 2.05) is 0 Å². The second-order valence-electron chi connectivity index (χ2n) is 4.59. The first-order valence-corrected chi connectivity index (χ1v) is 6.76. The molecule has 1 aliphatic rings. The first-order valence-electron chi connectivity index (χ1n) is 5.82. The minimum atomic E-state index is -0.105. The van der Waals surface area contributed by atoms with Crippen LogP contribution in [0.4, 0.5) is 0 Å². The lowest BCUT2D eigenvalue weighted by atomic mass is 9.76. The predicted molar refractivity (Wildman–Crippen MR) is 65.9 cm³/mol. The Balaban J connectivity index is 1.76. The van der Waals surface area contributed by atoms with Crippen LogP contribution in [0.15, 0.2) is 16.8 Å². The molecule has 0 amide bonds. The highest BCUT2D eigenvalue weighted by molar-refractivity contribution is 7.07. The largest absolute Gasteiger partial charge is 0.378 e. The van der Waals surface area contributed by atoms with E-state index >= 15 is 0 Å². The molecule has 1 aromatic rings. The molecular formula is C13H18O2S. The smallest absolute Gasteiger partial charge is 0.136 e. The van der Waals surface area contributed by atoms with Crippen LogP contribution < -0.4 is 0 Å². The summed E-state index contributed by atoms with van der Waals surface area (Å²) in [5.41, 5.74) is 1.17. The number of hydrogen-bond donors (Lipinski definition) is 0. The molecule has 1 fully saturated rings. The van der Waals surface area contributed by atoms with Gasteiger partial charge in [0.2, 0.25) is 0 Å². The van der Waals surface area contributed by atoms with E-state index in [2.05, 4.69) is 16.8 Å². The van der Waals surface area contributed by atoms with E-state index < -0.39 is 0 Å². The molecule has 0 aliphatic heterocycles. The average Bonchev–Trinajstić information content (AvgIpc) is 2.73. The van der Waals surface area contributed by atoms with Crippen molar-refractivity contribution in [2.45, 2.75) is 44.1 Å². The summed E-state index contributed by atoms with van der Waals surface area (Å²) in [7, 11) is 1.73. The van der Waals surface area contributed by atoms with Crippen molar-refractivity contribution in [1.29, 1.82) is 0 Å². The molecule has 0 saturated heterocycles. The first-order chi connectivity index (χ1) is 7.74. The van der Waals surface area contributed by atoms with Crippen LogP contribution in [0.25, 0.3) is 0 Å². The monoisotopic (exact) mass is 238 g/mol. The molecule has 2 nitrogen and oxygen atoms in total. The lowest BCUT2D eigenvalue weighted by Gasteiger charge is -2.40. The molecule has 0 unspecified atom stereocenters. The van der Waals surface area contributed by atoms with Gasteiger partial charge in [-0.25, -0.2) is 0 Å². The summed E-state index contributed by atoms with van der Waals surface area (Å²) >= 11 is 1.69. The van der Waals surface area contributed by atoms with Crippen LogP contribution in [0, 0.1) is 0 Å². The molecule has 16 heavy (non-hydrogen) atoms. The first kappa shape index (κ1) is 11.8. The summed E-state index contributed by atoms with van der Waals surface area (Å²) < 4.78 is 5.46. The van der Waals surface area contributed by atoms with Crippen molar-refractivity contribution in [3.05, 3.63) is 22.4 Å². The maximum absolute atomic E-state index is 11.8. The van der Waals surface area contributed by atoms with E-state index in [-0.39, 0.29) is 5.60 Å². The topological polar surface area (TPSA) is 26.3 Å². The fourth-order valence-electron chi connectivity index (χ4n) is 2.19. The van der Waals surface area contributed by atoms with Gasteiger partial charge >= 0.3 is 0 Å². The Bertz CT molecular complexity index is 333. The van der Waals surface area contributed by atoms with Crippen LogP contribution in [-0.2, 0) is 16.0 Å². The lowest BCUT2D eigenvalue weighted by Crippen LogP contribution is -2.41. The van der Waals surface area contributed by atoms with Crippen LogP contribution in [0.3, 0.4) is 0 Å². The minimum absolute atomic E-state index is 0.105. The van der Waals surface area contributed by atoms with Crippen LogP contribution in [0.1, 0.15) is 37.7 Å². The summed E-state index contributed by atoms with van der Waals surface area (Å²) in [6, 6.07) is 2.09. The molecule has 0 bridgehead atoms. The number of carbonyl (C=O) groups is 1. The molecule has 88 valence electrons. The average molecular weight is 238 g/mol. The highest BCUT2D eigenvalue weighted by atomic mass is 32.1. The fraction of sp³-hybridized carbons (Fsp3) is 0.615. The van der Waals surface area contributed by atoms with E-state index in [4.69, 9.17) is 4.74 Å². The third kappa shape index (κ3) is 2.71. The third-order valence-corrected chi connectivity index (χ3v) is 4.22. The summed E-state index contributed by atoms with van der Waals surface area (Å²) in [5, 5.41) is 4.17. The van der Waals surface area contributed by atoms with Gasteiger partial charge in [0, 0.05) is 20.0 Å². The van der Waals surface area contributed by atoms with Gasteiger partial charge < -0.3 is 4.74 Å². The molecule has 0 radical (unpaired) electrons. The maximum atomic E-state index is 11.8. The van der Waals surface area contributed by atoms with Crippen LogP contribution >= 0.6 is 11.3 Å². The number of Topliss-reactive ketones (excluding diaryl/α,β-unsaturated/α-hetero) is 1. The normalized spacial score (nSPS) is 18.1. The Morgan fingerprint density at radius 1 is 1.56 bits per heavy atom. The Hall–Kier alpha value is -0.670. The van der Waals surface area contributed by atoms with Gasteiger partial charge in [0.15, 0.2) is 0 Å². The maximum Gasteiger partial charge on any atom is 0.136 e. The number of carbonyl (C=O) groups excluding carboxylic acids is 1. The zero-order chi connectivity index (χ0) is 11.4. The molecule has 1 heterocycles. The van der Waals surface area contributed by atoms with E-state index in [1.165, 1.54) is 12.0 Å². The van der Waals surface area contributed by atoms with Crippen LogP contribution in [0.5, 0.6) is 0 Å². The van der Waals surface area contributed by atoms with Crippen molar-refractivity contribution >= 4 is 17.1 Å². The lowest BCUT2D eigenvalue weighted by molar-refractivity contribution is -0.132. The van der Waals surface area contributed by atoms with Gasteiger partial charge in [0.05, 0.1) is 5.60 Å². The second kappa shape index (κ2) is 5.11. The summed E-state index contributed by atoms with van der Waals surface area (Å²) in [6.45, 7) is 0. The second-order valence-corrected chi connectivity index (χ2v) is 5.37. The Labute approximate surface area is 101 Å². The number of ether oxygens (including phenoxy) is 1. The number of ketones is 1. The van der Waals surface area contributed by atoms with Gasteiger partial charge in [-0.3, -0.25) is 4.79 Å². The van der Waals surface area contributed by atoms with Crippen molar-refractivity contribution in [2.24, 2.45) is 0 Å². The van der Waals surface area contributed by atoms with Crippen molar-refractivity contribution in [3.8, 4) is 0 Å². The molecule has 0 aromatic carbocycles. The van der Waals surface area contributed by atoms with Gasteiger partial charge in [-0.2, -0.15) is 11.3 Å². The van der Waals surface area contributed by atoms with Crippen molar-refractivity contribution < 1.29 is 9.53 Å². The number of aryl methyl sites for hydroxylation is 1. The van der Waals surface area contributed by atoms with Crippen molar-refractivity contribution in [3.63, 3.8) is 0 Å². The molecular weight excluding hydrogens is 220 g/mol. The van der Waals surface area contributed by atoms with E-state index in [9.17, 15) is 4.79 Å². The van der Waals surface area contributed by atoms with E-state index in [1.54, 1.807) is 18.4 Å². The fourth-order valence-corrected chi connectivity index (χ4v) is 2.89. The SMILES string of the molecule is COC1(CC(=O)CCc2ccsc2)CCC1. The number of hydrogen-bond acceptors (Lipinski definition) is 3. The third-order valence-electron chi connectivity index (χ3n) is 3.49. The van der Waals surface area contributed by atoms with E-state index in [0.29, 0.717) is 18.6 Å². The van der Waals surface area contributed by atoms with Crippen LogP contribution in [0.2, 0.25) is 0 Å². The summed E-state index contributed by atoms with van der Waals surface area (Å²) in [4.78, 5) is 11.8. The van der Waals surface area contributed by atoms with Crippen LogP contribution in [-0.4, -0.2) is 18.5 Å². The molecule has 0 atom stereocenters. The van der Waals surface area contributed by atoms with Gasteiger partial charge in [-0.15, -0.1) is 0 Å². The highest BCUT2D eigenvalue weighted by Crippen LogP contribution is 2.38. The zero-order valence-electron chi connectivity index (χ0n) is 9.70. The van der Waals surface area contributed by atoms with Gasteiger partial charge in [-0.1, -0.05) is 0 Å². The molecule has 0 spiro atoms. The molecule has 0 N–H and O–H groups in total. The zero-order valence-corrected chi connectivity index (χ0v) is 10.5. The van der Waals surface area contributed by atoms with Crippen molar-refractivity contribution in [2.75, 3.05) is 7.11 Å². The Morgan fingerprint density at radius 3 is 2.88 bits per heavy atom. The van der Waals surface area contributed by atoms with Gasteiger partial charge in [0.25, 0.3) is 0 Å². The molecule has 1 saturated carbocycles. The number of methoxy groups -OCH3 is 1. The Kier molecular flexibility index (Phi) is 3.77. The summed E-state index contributed by atoms with van der Waals surface area (Å²) in [6.07, 6.45) is 5.44. The highest BCUT2D eigenvalue weighted by Gasteiger charge is 2.38. The predicted octanol–water partition coefficient (Wildman–Crippen LogP) is 3.21. The van der Waals surface area contributed by atoms with Gasteiger partial charge in [-0.05, 0) is 48.1 Å². The molecule has 2 rings (SSSR count). The van der Waals surface area contributed by atoms with E-state index in [0.717, 1.165) is 19.3 Å². The molecule has 3 heteroatoms. The molecule has 1 aliphatic carbocycles. The minimum Gasteiger partial charge on any atom is -0.378 e. The number of rotatable bonds is 6. The Morgan fingerprint density at radius 2 is 2.38 bits per heavy atom. The van der Waals surface area contributed by atoms with Gasteiger partial charge in [0.1, 0.15) is 5.78 Å². The van der Waals surface area contributed by atoms with Crippen molar-refractivity contribution in [1.82, 2.24) is 0 Å². The quantitative estimate of drug-likeness (QED) is 0.760. The standard InChI is InChI=1S/C13H18O2S/c1-15-13(6-2-7-13)9-12(14)4-3-11-5-8-16-10-11/h5,8,10H,2-4,6-7,9H2,1H3. The molecule has 1 aromatic heterocycles. The number of thiophene rings is 1. The summed E-state index contributed by atoms with van der Waals surface area (Å²) in [5.74, 6) is 0.341.